The smallest absolute Gasteiger partial charge is 0.307 e. The van der Waals surface area contributed by atoms with Crippen LogP contribution >= 0.6 is 0 Å². The van der Waals surface area contributed by atoms with Crippen molar-refractivity contribution in [2.45, 2.75) is 12.5 Å². The first kappa shape index (κ1) is 14.3. The second kappa shape index (κ2) is 5.49. The van der Waals surface area contributed by atoms with Crippen LogP contribution in [0.25, 0.3) is 0 Å². The lowest BCUT2D eigenvalue weighted by atomic mass is 10.3. The van der Waals surface area contributed by atoms with Crippen LogP contribution in [0.3, 0.4) is 0 Å². The predicted molar refractivity (Wildman–Crippen MR) is 61.2 cm³/mol. The van der Waals surface area contributed by atoms with Gasteiger partial charge in [-0.15, -0.1) is 0 Å². The number of nitrogens with zero attached hydrogens (tertiary/aromatic N) is 4. The summed E-state index contributed by atoms with van der Waals surface area (Å²) in [5.74, 6) is -3.68. The van der Waals surface area contributed by atoms with Gasteiger partial charge in [0.15, 0.2) is 0 Å². The SMILES string of the molecule is O=C(Cn1cc([N+](=O)[O-])cn1)N1CCOCC(F)(F)C1. The molecular formula is C10H12F2N4O4. The summed E-state index contributed by atoms with van der Waals surface area (Å²) in [5.41, 5.74) is -0.262. The molecule has 0 radical (unpaired) electrons. The first-order chi connectivity index (χ1) is 9.37. The topological polar surface area (TPSA) is 90.5 Å². The van der Waals surface area contributed by atoms with Crippen molar-refractivity contribution in [2.75, 3.05) is 26.3 Å². The zero-order valence-corrected chi connectivity index (χ0v) is 10.4. The summed E-state index contributed by atoms with van der Waals surface area (Å²) in [6.45, 7) is -1.69. The maximum Gasteiger partial charge on any atom is 0.307 e. The van der Waals surface area contributed by atoms with Gasteiger partial charge in [-0.3, -0.25) is 19.6 Å². The van der Waals surface area contributed by atoms with Crippen LogP contribution < -0.4 is 0 Å². The minimum absolute atomic E-state index is 0.0284. The third kappa shape index (κ3) is 3.47. The van der Waals surface area contributed by atoms with E-state index in [1.807, 2.05) is 0 Å². The summed E-state index contributed by atoms with van der Waals surface area (Å²) in [6.07, 6.45) is 2.07. The number of nitro groups is 1. The van der Waals surface area contributed by atoms with E-state index >= 15 is 0 Å². The number of rotatable bonds is 3. The molecule has 0 aromatic carbocycles. The maximum atomic E-state index is 13.3. The molecule has 1 aliphatic rings. The molecule has 1 amide bonds. The Balaban J connectivity index is 2.01. The molecule has 8 nitrogen and oxygen atoms in total. The van der Waals surface area contributed by atoms with Gasteiger partial charge in [0.2, 0.25) is 5.91 Å². The normalized spacial score (nSPS) is 18.6. The van der Waals surface area contributed by atoms with E-state index in [1.165, 1.54) is 0 Å². The number of aromatic nitrogens is 2. The van der Waals surface area contributed by atoms with Gasteiger partial charge in [-0.1, -0.05) is 0 Å². The molecule has 0 bridgehead atoms. The van der Waals surface area contributed by atoms with Crippen molar-refractivity contribution in [1.82, 2.24) is 14.7 Å². The van der Waals surface area contributed by atoms with E-state index < -0.39 is 29.9 Å². The van der Waals surface area contributed by atoms with Crippen LogP contribution in [0.15, 0.2) is 12.4 Å². The monoisotopic (exact) mass is 290 g/mol. The van der Waals surface area contributed by atoms with Crippen LogP contribution in [-0.2, 0) is 16.1 Å². The highest BCUT2D eigenvalue weighted by Crippen LogP contribution is 2.19. The Morgan fingerprint density at radius 2 is 2.35 bits per heavy atom. The molecule has 20 heavy (non-hydrogen) atoms. The average Bonchev–Trinajstić information content (AvgIpc) is 2.73. The van der Waals surface area contributed by atoms with Crippen molar-refractivity contribution in [3.63, 3.8) is 0 Å². The van der Waals surface area contributed by atoms with E-state index in [9.17, 15) is 23.7 Å². The van der Waals surface area contributed by atoms with E-state index in [0.29, 0.717) is 0 Å². The Morgan fingerprint density at radius 1 is 1.60 bits per heavy atom. The summed E-state index contributed by atoms with van der Waals surface area (Å²) in [7, 11) is 0. The molecule has 0 atom stereocenters. The number of carbonyl (C=O) groups excluding carboxylic acids is 1. The zero-order chi connectivity index (χ0) is 14.8. The van der Waals surface area contributed by atoms with Crippen molar-refractivity contribution in [1.29, 1.82) is 0 Å². The van der Waals surface area contributed by atoms with Crippen LogP contribution in [0.5, 0.6) is 0 Å². The fourth-order valence-electron chi connectivity index (χ4n) is 1.79. The third-order valence-electron chi connectivity index (χ3n) is 2.72. The van der Waals surface area contributed by atoms with Gasteiger partial charge in [-0.25, -0.2) is 8.78 Å². The fourth-order valence-corrected chi connectivity index (χ4v) is 1.79. The lowest BCUT2D eigenvalue weighted by molar-refractivity contribution is -0.385. The number of hydrogen-bond acceptors (Lipinski definition) is 5. The summed E-state index contributed by atoms with van der Waals surface area (Å²) in [5, 5.41) is 14.1. The quantitative estimate of drug-likeness (QED) is 0.589. The van der Waals surface area contributed by atoms with E-state index in [4.69, 9.17) is 4.74 Å². The third-order valence-corrected chi connectivity index (χ3v) is 2.72. The first-order valence-corrected chi connectivity index (χ1v) is 5.77. The predicted octanol–water partition coefficient (Wildman–Crippen LogP) is 0.285. The zero-order valence-electron chi connectivity index (χ0n) is 10.4. The number of alkyl halides is 2. The molecule has 1 fully saturated rings. The van der Waals surface area contributed by atoms with Gasteiger partial charge >= 0.3 is 5.69 Å². The molecule has 1 aromatic rings. The van der Waals surface area contributed by atoms with Crippen molar-refractivity contribution < 1.29 is 23.2 Å². The standard InChI is InChI=1S/C10H12F2N4O4/c11-10(12)6-14(1-2-20-7-10)9(17)5-15-4-8(3-13-15)16(18)19/h3-4H,1-2,5-7H2. The minimum atomic E-state index is -3.09. The molecule has 0 saturated carbocycles. The number of amides is 1. The van der Waals surface area contributed by atoms with Crippen LogP contribution in [0.2, 0.25) is 0 Å². The lowest BCUT2D eigenvalue weighted by Gasteiger charge is -2.23. The molecule has 1 aromatic heterocycles. The minimum Gasteiger partial charge on any atom is -0.373 e. The Kier molecular flexibility index (Phi) is 3.93. The van der Waals surface area contributed by atoms with Crippen molar-refractivity contribution >= 4 is 11.6 Å². The largest absolute Gasteiger partial charge is 0.373 e. The second-order valence-electron chi connectivity index (χ2n) is 4.38. The van der Waals surface area contributed by atoms with E-state index in [-0.39, 0.29) is 25.4 Å². The Bertz CT molecular complexity index is 519. The number of halogens is 2. The van der Waals surface area contributed by atoms with Crippen LogP contribution in [-0.4, -0.2) is 57.7 Å². The van der Waals surface area contributed by atoms with Gasteiger partial charge < -0.3 is 9.64 Å². The Morgan fingerprint density at radius 3 is 3.00 bits per heavy atom. The molecule has 0 unspecified atom stereocenters. The van der Waals surface area contributed by atoms with Gasteiger partial charge in [0.1, 0.15) is 25.5 Å². The second-order valence-corrected chi connectivity index (χ2v) is 4.38. The first-order valence-electron chi connectivity index (χ1n) is 5.77. The van der Waals surface area contributed by atoms with E-state index in [2.05, 4.69) is 5.10 Å². The average molecular weight is 290 g/mol. The molecule has 0 spiro atoms. The highest BCUT2D eigenvalue weighted by Gasteiger charge is 2.36. The highest BCUT2D eigenvalue weighted by atomic mass is 19.3. The summed E-state index contributed by atoms with van der Waals surface area (Å²) >= 11 is 0. The number of hydrogen-bond donors (Lipinski definition) is 0. The number of ether oxygens (including phenoxy) is 1. The molecule has 2 heterocycles. The summed E-state index contributed by atoms with van der Waals surface area (Å²) in [4.78, 5) is 22.7. The van der Waals surface area contributed by atoms with E-state index in [1.54, 1.807) is 0 Å². The Labute approximate surface area is 112 Å². The van der Waals surface area contributed by atoms with Gasteiger partial charge in [-0.2, -0.15) is 5.10 Å². The van der Waals surface area contributed by atoms with Crippen molar-refractivity contribution in [3.8, 4) is 0 Å². The molecule has 10 heteroatoms. The molecule has 1 saturated heterocycles. The molecule has 1 aliphatic heterocycles. The van der Waals surface area contributed by atoms with Gasteiger partial charge in [0.05, 0.1) is 18.1 Å². The highest BCUT2D eigenvalue weighted by molar-refractivity contribution is 5.76. The maximum absolute atomic E-state index is 13.3. The van der Waals surface area contributed by atoms with Gasteiger partial charge in [0, 0.05) is 6.54 Å². The van der Waals surface area contributed by atoms with Crippen LogP contribution in [0.1, 0.15) is 0 Å². The van der Waals surface area contributed by atoms with Crippen LogP contribution in [0.4, 0.5) is 14.5 Å². The van der Waals surface area contributed by atoms with Gasteiger partial charge in [-0.05, 0) is 0 Å². The van der Waals surface area contributed by atoms with Crippen LogP contribution in [0, 0.1) is 10.1 Å². The summed E-state index contributed by atoms with van der Waals surface area (Å²) < 4.78 is 32.4. The van der Waals surface area contributed by atoms with Crippen molar-refractivity contribution in [3.05, 3.63) is 22.5 Å². The molecule has 2 rings (SSSR count). The van der Waals surface area contributed by atoms with Gasteiger partial charge in [0.25, 0.3) is 5.92 Å². The van der Waals surface area contributed by atoms with Crippen molar-refractivity contribution in [2.24, 2.45) is 0 Å². The molecule has 110 valence electrons. The van der Waals surface area contributed by atoms with E-state index in [0.717, 1.165) is 22.0 Å². The molecule has 0 N–H and O–H groups in total. The lowest BCUT2D eigenvalue weighted by Crippen LogP contribution is -2.42. The summed E-state index contributed by atoms with van der Waals surface area (Å²) in [6, 6.07) is 0. The molecular weight excluding hydrogens is 278 g/mol. The number of carbonyl (C=O) groups is 1. The Hall–Kier alpha value is -2.10. The molecule has 0 aliphatic carbocycles. The fraction of sp³-hybridized carbons (Fsp3) is 0.600.